The van der Waals surface area contributed by atoms with E-state index >= 15 is 0 Å². The predicted molar refractivity (Wildman–Crippen MR) is 123 cm³/mol. The summed E-state index contributed by atoms with van der Waals surface area (Å²) in [6, 6.07) is 9.20. The van der Waals surface area contributed by atoms with Crippen molar-refractivity contribution in [2.45, 2.75) is 18.9 Å². The molecule has 0 bridgehead atoms. The third-order valence-corrected chi connectivity index (χ3v) is 6.08. The first-order valence-electron chi connectivity index (χ1n) is 10.8. The number of carbonyl (C=O) groups is 1. The molecule has 32 heavy (non-hydrogen) atoms. The van der Waals surface area contributed by atoms with E-state index < -0.39 is 0 Å². The molecular formula is C25H24FN5O. The van der Waals surface area contributed by atoms with Gasteiger partial charge in [0.15, 0.2) is 0 Å². The van der Waals surface area contributed by atoms with Crippen LogP contribution in [0.4, 0.5) is 4.39 Å². The Bertz CT molecular complexity index is 1230. The Morgan fingerprint density at radius 1 is 1.19 bits per heavy atom. The van der Waals surface area contributed by atoms with Crippen molar-refractivity contribution >= 4 is 16.8 Å². The lowest BCUT2D eigenvalue weighted by Crippen LogP contribution is -2.51. The van der Waals surface area contributed by atoms with Crippen LogP contribution in [-0.2, 0) is 0 Å². The van der Waals surface area contributed by atoms with Gasteiger partial charge >= 0.3 is 0 Å². The monoisotopic (exact) mass is 429 g/mol. The number of nitrogens with one attached hydrogen (secondary N) is 3. The lowest BCUT2D eigenvalue weighted by atomic mass is 9.84. The number of halogens is 1. The maximum Gasteiger partial charge on any atom is 0.251 e. The van der Waals surface area contributed by atoms with Crippen LogP contribution in [0.2, 0.25) is 0 Å². The number of hydrogen-bond acceptors (Lipinski definition) is 4. The molecule has 3 N–H and O–H groups in total. The summed E-state index contributed by atoms with van der Waals surface area (Å²) in [5.74, 6) is -0.327. The summed E-state index contributed by atoms with van der Waals surface area (Å²) < 4.78 is 14.0. The van der Waals surface area contributed by atoms with E-state index in [4.69, 9.17) is 0 Å². The van der Waals surface area contributed by atoms with E-state index in [-0.39, 0.29) is 23.7 Å². The zero-order chi connectivity index (χ0) is 21.9. The second-order valence-corrected chi connectivity index (χ2v) is 8.12. The first kappa shape index (κ1) is 20.3. The molecule has 1 saturated heterocycles. The van der Waals surface area contributed by atoms with Gasteiger partial charge in [-0.25, -0.2) is 4.39 Å². The van der Waals surface area contributed by atoms with Crippen molar-refractivity contribution in [3.05, 3.63) is 84.0 Å². The van der Waals surface area contributed by atoms with E-state index in [1.807, 2.05) is 30.3 Å². The van der Waals surface area contributed by atoms with Gasteiger partial charge in [-0.3, -0.25) is 14.9 Å². The van der Waals surface area contributed by atoms with Crippen molar-refractivity contribution in [1.82, 2.24) is 25.8 Å². The zero-order valence-electron chi connectivity index (χ0n) is 17.5. The molecule has 0 radical (unpaired) electrons. The zero-order valence-corrected chi connectivity index (χ0v) is 17.5. The van der Waals surface area contributed by atoms with Crippen molar-refractivity contribution in [3.8, 4) is 11.3 Å². The maximum atomic E-state index is 14.0. The number of piperidine rings is 1. The van der Waals surface area contributed by atoms with Gasteiger partial charge in [-0.15, -0.1) is 0 Å². The van der Waals surface area contributed by atoms with E-state index in [1.54, 1.807) is 24.5 Å². The number of benzene rings is 1. The number of allylic oxidation sites excluding steroid dienone is 5. The number of carbonyl (C=O) groups excluding carboxylic acids is 1. The van der Waals surface area contributed by atoms with E-state index in [0.29, 0.717) is 18.5 Å². The molecule has 7 heteroatoms. The number of hydrogen-bond donors (Lipinski definition) is 3. The molecule has 2 unspecified atom stereocenters. The molecule has 2 atom stereocenters. The van der Waals surface area contributed by atoms with Crippen LogP contribution in [0.15, 0.2) is 78.4 Å². The van der Waals surface area contributed by atoms with E-state index in [0.717, 1.165) is 40.7 Å². The van der Waals surface area contributed by atoms with Crippen LogP contribution in [0, 0.1) is 5.92 Å². The van der Waals surface area contributed by atoms with Crippen LogP contribution in [0.1, 0.15) is 23.2 Å². The fraction of sp³-hybridized carbons (Fsp3) is 0.240. The molecule has 1 fully saturated rings. The fourth-order valence-corrected chi connectivity index (χ4v) is 4.46. The topological polar surface area (TPSA) is 82.7 Å². The molecule has 1 aliphatic carbocycles. The van der Waals surface area contributed by atoms with E-state index in [9.17, 15) is 9.18 Å². The van der Waals surface area contributed by atoms with Gasteiger partial charge in [-0.1, -0.05) is 12.2 Å². The number of aromatic nitrogens is 3. The highest BCUT2D eigenvalue weighted by molar-refractivity contribution is 6.01. The Kier molecular flexibility index (Phi) is 5.64. The SMILES string of the molecule is O=C(NC1CNCCC1C1=CCC=CC(F)=C1)c1ccc2[nH]nc(-c3ccncc3)c2c1. The molecule has 3 heterocycles. The molecule has 1 amide bonds. The normalized spacial score (nSPS) is 21.0. The molecule has 0 spiro atoms. The van der Waals surface area contributed by atoms with Gasteiger partial charge in [0.25, 0.3) is 5.91 Å². The third kappa shape index (κ3) is 4.11. The lowest BCUT2D eigenvalue weighted by molar-refractivity contribution is 0.0919. The molecule has 1 aromatic carbocycles. The minimum Gasteiger partial charge on any atom is -0.347 e. The quantitative estimate of drug-likeness (QED) is 0.584. The average Bonchev–Trinajstić information content (AvgIpc) is 3.13. The van der Waals surface area contributed by atoms with Gasteiger partial charge in [0.2, 0.25) is 0 Å². The molecular weight excluding hydrogens is 405 g/mol. The first-order chi connectivity index (χ1) is 15.7. The number of pyridine rings is 1. The highest BCUT2D eigenvalue weighted by Crippen LogP contribution is 2.29. The number of nitrogens with zero attached hydrogens (tertiary/aromatic N) is 2. The van der Waals surface area contributed by atoms with Gasteiger partial charge in [-0.05, 0) is 67.4 Å². The van der Waals surface area contributed by atoms with Crippen LogP contribution < -0.4 is 10.6 Å². The summed E-state index contributed by atoms with van der Waals surface area (Å²) in [4.78, 5) is 17.2. The predicted octanol–water partition coefficient (Wildman–Crippen LogP) is 4.07. The molecule has 2 aromatic heterocycles. The van der Waals surface area contributed by atoms with Gasteiger partial charge in [-0.2, -0.15) is 5.10 Å². The minimum atomic E-state index is -0.244. The summed E-state index contributed by atoms with van der Waals surface area (Å²) in [6.45, 7) is 1.49. The van der Waals surface area contributed by atoms with E-state index in [1.165, 1.54) is 6.08 Å². The van der Waals surface area contributed by atoms with Gasteiger partial charge in [0, 0.05) is 47.4 Å². The summed E-state index contributed by atoms with van der Waals surface area (Å²) in [5.41, 5.74) is 4.10. The summed E-state index contributed by atoms with van der Waals surface area (Å²) in [7, 11) is 0. The Labute approximate surface area is 185 Å². The first-order valence-corrected chi connectivity index (χ1v) is 10.8. The Hall–Kier alpha value is -3.58. The Morgan fingerprint density at radius 2 is 2.06 bits per heavy atom. The van der Waals surface area contributed by atoms with Gasteiger partial charge < -0.3 is 10.6 Å². The molecule has 1 aliphatic heterocycles. The van der Waals surface area contributed by atoms with Crippen LogP contribution in [0.25, 0.3) is 22.2 Å². The second-order valence-electron chi connectivity index (χ2n) is 8.12. The number of H-pyrrole nitrogens is 1. The molecule has 5 rings (SSSR count). The smallest absolute Gasteiger partial charge is 0.251 e. The lowest BCUT2D eigenvalue weighted by Gasteiger charge is -2.33. The van der Waals surface area contributed by atoms with Gasteiger partial charge in [0.1, 0.15) is 11.5 Å². The molecule has 2 aliphatic rings. The fourth-order valence-electron chi connectivity index (χ4n) is 4.46. The maximum absolute atomic E-state index is 14.0. The Balaban J connectivity index is 1.40. The average molecular weight is 429 g/mol. The van der Waals surface area contributed by atoms with Crippen LogP contribution in [0.3, 0.4) is 0 Å². The van der Waals surface area contributed by atoms with Crippen molar-refractivity contribution < 1.29 is 9.18 Å². The summed E-state index contributed by atoms with van der Waals surface area (Å²) >= 11 is 0. The van der Waals surface area contributed by atoms with Crippen molar-refractivity contribution in [3.63, 3.8) is 0 Å². The number of fused-ring (bicyclic) bond motifs is 1. The number of rotatable bonds is 4. The number of amides is 1. The highest BCUT2D eigenvalue weighted by atomic mass is 19.1. The van der Waals surface area contributed by atoms with Crippen molar-refractivity contribution in [1.29, 1.82) is 0 Å². The summed E-state index contributed by atoms with van der Waals surface area (Å²) in [5, 5.41) is 14.9. The highest BCUT2D eigenvalue weighted by Gasteiger charge is 2.29. The molecule has 0 saturated carbocycles. The third-order valence-electron chi connectivity index (χ3n) is 6.08. The second kappa shape index (κ2) is 8.88. The van der Waals surface area contributed by atoms with E-state index in [2.05, 4.69) is 31.9 Å². The van der Waals surface area contributed by atoms with Crippen LogP contribution in [0.5, 0.6) is 0 Å². The van der Waals surface area contributed by atoms with Crippen LogP contribution in [-0.4, -0.2) is 40.2 Å². The molecule has 3 aromatic rings. The van der Waals surface area contributed by atoms with Crippen molar-refractivity contribution in [2.24, 2.45) is 5.92 Å². The van der Waals surface area contributed by atoms with Crippen LogP contribution >= 0.6 is 0 Å². The van der Waals surface area contributed by atoms with Gasteiger partial charge in [0.05, 0.1) is 5.52 Å². The van der Waals surface area contributed by atoms with Crippen molar-refractivity contribution in [2.75, 3.05) is 13.1 Å². The minimum absolute atomic E-state index is 0.0656. The summed E-state index contributed by atoms with van der Waals surface area (Å²) in [6.07, 6.45) is 11.9. The molecule has 162 valence electrons. The number of aromatic amines is 1. The largest absolute Gasteiger partial charge is 0.347 e. The molecule has 6 nitrogen and oxygen atoms in total. The standard InChI is InChI=1S/C25H24FN5O/c26-19-4-2-1-3-17(13-19)20-9-12-28-15-23(20)29-25(32)18-5-6-22-21(14-18)24(31-30-22)16-7-10-27-11-8-16/h2-8,10-11,13-14,20,23,28H,1,9,12,15H2,(H,29,32)(H,30,31). The Morgan fingerprint density at radius 3 is 2.94 bits per heavy atom.